The molecule has 30 heavy (non-hydrogen) atoms. The van der Waals surface area contributed by atoms with E-state index < -0.39 is 5.91 Å². The third kappa shape index (κ3) is 5.06. The fourth-order valence-corrected chi connectivity index (χ4v) is 3.48. The van der Waals surface area contributed by atoms with Gasteiger partial charge in [-0.25, -0.2) is 4.98 Å². The lowest BCUT2D eigenvalue weighted by atomic mass is 10.1. The first-order chi connectivity index (χ1) is 14.5. The Labute approximate surface area is 176 Å². The third-order valence-corrected chi connectivity index (χ3v) is 5.26. The molecule has 0 bridgehead atoms. The van der Waals surface area contributed by atoms with E-state index in [4.69, 9.17) is 4.74 Å². The molecule has 3 amide bonds. The molecule has 1 aliphatic heterocycles. The summed E-state index contributed by atoms with van der Waals surface area (Å²) in [6, 6.07) is 8.97. The summed E-state index contributed by atoms with van der Waals surface area (Å²) in [5.41, 5.74) is 0.849. The van der Waals surface area contributed by atoms with E-state index in [1.165, 1.54) is 0 Å². The smallest absolute Gasteiger partial charge is 0.270 e. The Bertz CT molecular complexity index is 922. The fraction of sp³-hybridized carbons (Fsp3) is 0.455. The van der Waals surface area contributed by atoms with Crippen LogP contribution in [0, 0.1) is 0 Å². The van der Waals surface area contributed by atoms with Crippen LogP contribution in [0.3, 0.4) is 0 Å². The second-order valence-corrected chi connectivity index (χ2v) is 7.27. The molecule has 1 aliphatic rings. The molecule has 1 saturated heterocycles. The Balaban J connectivity index is 1.53. The summed E-state index contributed by atoms with van der Waals surface area (Å²) in [4.78, 5) is 45.0. The molecule has 1 aromatic carbocycles. The molecule has 0 radical (unpaired) electrons. The van der Waals surface area contributed by atoms with E-state index in [9.17, 15) is 14.4 Å². The van der Waals surface area contributed by atoms with Gasteiger partial charge in [-0.15, -0.1) is 0 Å². The van der Waals surface area contributed by atoms with Crippen molar-refractivity contribution in [3.63, 3.8) is 0 Å². The van der Waals surface area contributed by atoms with E-state index in [1.807, 2.05) is 23.1 Å². The highest BCUT2D eigenvalue weighted by Gasteiger charge is 2.24. The molecular formula is C22H28N4O4. The van der Waals surface area contributed by atoms with Crippen molar-refractivity contribution in [1.29, 1.82) is 0 Å². The number of benzene rings is 1. The molecule has 0 atom stereocenters. The van der Waals surface area contributed by atoms with Crippen molar-refractivity contribution in [3.8, 4) is 5.75 Å². The van der Waals surface area contributed by atoms with Crippen LogP contribution in [0.5, 0.6) is 5.75 Å². The highest BCUT2D eigenvalue weighted by atomic mass is 16.5. The van der Waals surface area contributed by atoms with Gasteiger partial charge in [0, 0.05) is 44.1 Å². The number of hydrogen-bond donors (Lipinski definition) is 1. The molecule has 8 nitrogen and oxygen atoms in total. The molecule has 8 heteroatoms. The van der Waals surface area contributed by atoms with Crippen LogP contribution >= 0.6 is 0 Å². The van der Waals surface area contributed by atoms with Crippen molar-refractivity contribution in [2.24, 2.45) is 0 Å². The van der Waals surface area contributed by atoms with Gasteiger partial charge in [-0.1, -0.05) is 25.5 Å². The quantitative estimate of drug-likeness (QED) is 0.749. The number of hydrogen-bond acceptors (Lipinski definition) is 5. The molecule has 160 valence electrons. The number of piperazine rings is 1. The van der Waals surface area contributed by atoms with Crippen LogP contribution in [0.1, 0.15) is 36.7 Å². The van der Waals surface area contributed by atoms with Gasteiger partial charge in [-0.2, -0.15) is 0 Å². The Morgan fingerprint density at radius 3 is 2.40 bits per heavy atom. The van der Waals surface area contributed by atoms with Crippen molar-refractivity contribution in [2.45, 2.75) is 26.2 Å². The summed E-state index contributed by atoms with van der Waals surface area (Å²) in [5, 5.41) is 3.46. The maximum absolute atomic E-state index is 12.5. The lowest BCUT2D eigenvalue weighted by molar-refractivity contribution is -0.139. The van der Waals surface area contributed by atoms with Crippen molar-refractivity contribution in [2.75, 3.05) is 39.8 Å². The standard InChI is InChI=1S/C22H28N4O4/c1-3-4-9-20(27)25-10-12-26(13-11-25)21(28)15-23-22(29)18-14-19(30-2)16-7-5-6-8-17(16)24-18/h5-8,14H,3-4,9-13,15H2,1-2H3,(H,23,29). The summed E-state index contributed by atoms with van der Waals surface area (Å²) in [5.74, 6) is 0.104. The molecule has 0 saturated carbocycles. The number of carbonyl (C=O) groups excluding carboxylic acids is 3. The SMILES string of the molecule is CCCCC(=O)N1CCN(C(=O)CNC(=O)c2cc(OC)c3ccccc3n2)CC1. The minimum Gasteiger partial charge on any atom is -0.496 e. The van der Waals surface area contributed by atoms with Crippen LogP contribution in [0.15, 0.2) is 30.3 Å². The Kier molecular flexibility index (Phi) is 7.21. The highest BCUT2D eigenvalue weighted by Crippen LogP contribution is 2.24. The number of methoxy groups -OCH3 is 1. The predicted octanol–water partition coefficient (Wildman–Crippen LogP) is 1.83. The number of fused-ring (bicyclic) bond motifs is 1. The van der Waals surface area contributed by atoms with Crippen LogP contribution in [0.4, 0.5) is 0 Å². The maximum atomic E-state index is 12.5. The molecule has 1 N–H and O–H groups in total. The second kappa shape index (κ2) is 10.0. The monoisotopic (exact) mass is 412 g/mol. The van der Waals surface area contributed by atoms with Crippen LogP contribution in [0.2, 0.25) is 0 Å². The van der Waals surface area contributed by atoms with Gasteiger partial charge in [0.2, 0.25) is 11.8 Å². The molecule has 2 heterocycles. The largest absolute Gasteiger partial charge is 0.496 e. The van der Waals surface area contributed by atoms with Gasteiger partial charge in [0.05, 0.1) is 19.2 Å². The lowest BCUT2D eigenvalue weighted by Crippen LogP contribution is -2.52. The number of ether oxygens (including phenoxy) is 1. The minimum atomic E-state index is -0.430. The summed E-state index contributed by atoms with van der Waals surface area (Å²) in [6.07, 6.45) is 2.43. The van der Waals surface area contributed by atoms with Gasteiger partial charge in [0.25, 0.3) is 5.91 Å². The topological polar surface area (TPSA) is 91.8 Å². The zero-order chi connectivity index (χ0) is 21.5. The number of carbonyl (C=O) groups is 3. The second-order valence-electron chi connectivity index (χ2n) is 7.27. The summed E-state index contributed by atoms with van der Waals surface area (Å²) in [6.45, 7) is 3.97. The van der Waals surface area contributed by atoms with Crippen LogP contribution in [-0.2, 0) is 9.59 Å². The molecule has 3 rings (SSSR count). The Hall–Kier alpha value is -3.16. The van der Waals surface area contributed by atoms with Gasteiger partial charge in [0.15, 0.2) is 0 Å². The molecule has 0 unspecified atom stereocenters. The summed E-state index contributed by atoms with van der Waals surface area (Å²) >= 11 is 0. The van der Waals surface area contributed by atoms with Crippen molar-refractivity contribution >= 4 is 28.6 Å². The van der Waals surface area contributed by atoms with E-state index in [1.54, 1.807) is 24.1 Å². The number of pyridine rings is 1. The number of nitrogens with one attached hydrogen (secondary N) is 1. The normalized spacial score (nSPS) is 13.9. The summed E-state index contributed by atoms with van der Waals surface area (Å²) in [7, 11) is 1.54. The average Bonchev–Trinajstić information content (AvgIpc) is 2.79. The van der Waals surface area contributed by atoms with Crippen molar-refractivity contribution < 1.29 is 19.1 Å². The first-order valence-corrected chi connectivity index (χ1v) is 10.3. The molecule has 2 aromatic rings. The van der Waals surface area contributed by atoms with Crippen molar-refractivity contribution in [1.82, 2.24) is 20.1 Å². The third-order valence-electron chi connectivity index (χ3n) is 5.26. The number of unbranched alkanes of at least 4 members (excludes halogenated alkanes) is 1. The number of amides is 3. The van der Waals surface area contributed by atoms with Gasteiger partial charge >= 0.3 is 0 Å². The predicted molar refractivity (Wildman–Crippen MR) is 113 cm³/mol. The van der Waals surface area contributed by atoms with Gasteiger partial charge in [0.1, 0.15) is 11.4 Å². The van der Waals surface area contributed by atoms with Crippen LogP contribution in [-0.4, -0.2) is 72.3 Å². The van der Waals surface area contributed by atoms with Gasteiger partial charge in [-0.3, -0.25) is 14.4 Å². The molecule has 0 spiro atoms. The first-order valence-electron chi connectivity index (χ1n) is 10.3. The van der Waals surface area contributed by atoms with E-state index >= 15 is 0 Å². The zero-order valence-electron chi connectivity index (χ0n) is 17.5. The average molecular weight is 412 g/mol. The van der Waals surface area contributed by atoms with Crippen LogP contribution in [0.25, 0.3) is 10.9 Å². The van der Waals surface area contributed by atoms with Gasteiger partial charge < -0.3 is 19.9 Å². The van der Waals surface area contributed by atoms with E-state index in [0.29, 0.717) is 43.9 Å². The summed E-state index contributed by atoms with van der Waals surface area (Å²) < 4.78 is 5.37. The van der Waals surface area contributed by atoms with Crippen molar-refractivity contribution in [3.05, 3.63) is 36.0 Å². The maximum Gasteiger partial charge on any atom is 0.270 e. The minimum absolute atomic E-state index is 0.112. The molecule has 0 aliphatic carbocycles. The lowest BCUT2D eigenvalue weighted by Gasteiger charge is -2.35. The molecule has 1 aromatic heterocycles. The first kappa shape index (κ1) is 21.5. The van der Waals surface area contributed by atoms with E-state index in [0.717, 1.165) is 18.2 Å². The number of aromatic nitrogens is 1. The van der Waals surface area contributed by atoms with Crippen LogP contribution < -0.4 is 10.1 Å². The Morgan fingerprint density at radius 2 is 1.73 bits per heavy atom. The van der Waals surface area contributed by atoms with E-state index in [-0.39, 0.29) is 24.1 Å². The number of nitrogens with zero attached hydrogens (tertiary/aromatic N) is 3. The highest BCUT2D eigenvalue weighted by molar-refractivity contribution is 5.98. The molecule has 1 fully saturated rings. The number of rotatable bonds is 7. The fourth-order valence-electron chi connectivity index (χ4n) is 3.48. The van der Waals surface area contributed by atoms with Gasteiger partial charge in [-0.05, 0) is 18.6 Å². The number of para-hydroxylation sites is 1. The molecular weight excluding hydrogens is 384 g/mol. The van der Waals surface area contributed by atoms with E-state index in [2.05, 4.69) is 17.2 Å². The zero-order valence-corrected chi connectivity index (χ0v) is 17.5. The Morgan fingerprint density at radius 1 is 1.07 bits per heavy atom.